The quantitative estimate of drug-likeness (QED) is 0.544. The first-order valence-electron chi connectivity index (χ1n) is 8.19. The van der Waals surface area contributed by atoms with Crippen LogP contribution in [0.2, 0.25) is 0 Å². The SMILES string of the molecule is Cc1cccc(N(C)c2nc(-c3ccncc3)cc3ncccc23)c1. The van der Waals surface area contributed by atoms with Crippen molar-refractivity contribution < 1.29 is 0 Å². The van der Waals surface area contributed by atoms with Crippen LogP contribution in [0.4, 0.5) is 11.5 Å². The average Bonchev–Trinajstić information content (AvgIpc) is 2.67. The van der Waals surface area contributed by atoms with Crippen molar-refractivity contribution in [3.05, 3.63) is 78.8 Å². The number of rotatable bonds is 3. The molecule has 122 valence electrons. The summed E-state index contributed by atoms with van der Waals surface area (Å²) >= 11 is 0. The Morgan fingerprint density at radius 2 is 1.72 bits per heavy atom. The van der Waals surface area contributed by atoms with Gasteiger partial charge in [0.25, 0.3) is 0 Å². The predicted molar refractivity (Wildman–Crippen MR) is 102 cm³/mol. The van der Waals surface area contributed by atoms with Crippen LogP contribution in [0.1, 0.15) is 5.56 Å². The van der Waals surface area contributed by atoms with Crippen molar-refractivity contribution in [1.29, 1.82) is 0 Å². The number of hydrogen-bond acceptors (Lipinski definition) is 4. The van der Waals surface area contributed by atoms with Gasteiger partial charge in [0.1, 0.15) is 5.82 Å². The average molecular weight is 326 g/mol. The first-order chi connectivity index (χ1) is 12.2. The van der Waals surface area contributed by atoms with E-state index in [0.717, 1.165) is 33.7 Å². The minimum absolute atomic E-state index is 0.892. The summed E-state index contributed by atoms with van der Waals surface area (Å²) in [6.45, 7) is 2.10. The first-order valence-corrected chi connectivity index (χ1v) is 8.19. The predicted octanol–water partition coefficient (Wildman–Crippen LogP) is 4.77. The molecule has 4 heteroatoms. The highest BCUT2D eigenvalue weighted by Gasteiger charge is 2.13. The molecule has 4 aromatic rings. The van der Waals surface area contributed by atoms with Crippen LogP contribution in [0.15, 0.2) is 73.2 Å². The van der Waals surface area contributed by atoms with Crippen LogP contribution >= 0.6 is 0 Å². The molecular weight excluding hydrogens is 308 g/mol. The molecule has 0 aliphatic heterocycles. The van der Waals surface area contributed by atoms with Gasteiger partial charge in [0.2, 0.25) is 0 Å². The van der Waals surface area contributed by atoms with E-state index in [0.29, 0.717) is 0 Å². The van der Waals surface area contributed by atoms with E-state index in [-0.39, 0.29) is 0 Å². The zero-order chi connectivity index (χ0) is 17.2. The fourth-order valence-corrected chi connectivity index (χ4v) is 2.94. The van der Waals surface area contributed by atoms with Gasteiger partial charge in [-0.05, 0) is 55.0 Å². The number of pyridine rings is 3. The second-order valence-corrected chi connectivity index (χ2v) is 6.04. The highest BCUT2D eigenvalue weighted by molar-refractivity contribution is 5.94. The monoisotopic (exact) mass is 326 g/mol. The van der Waals surface area contributed by atoms with Crippen molar-refractivity contribution in [2.24, 2.45) is 0 Å². The lowest BCUT2D eigenvalue weighted by atomic mass is 10.1. The van der Waals surface area contributed by atoms with Gasteiger partial charge in [-0.2, -0.15) is 0 Å². The molecule has 0 aliphatic carbocycles. The van der Waals surface area contributed by atoms with Gasteiger partial charge < -0.3 is 4.90 Å². The Morgan fingerprint density at radius 3 is 2.52 bits per heavy atom. The summed E-state index contributed by atoms with van der Waals surface area (Å²) in [5, 5.41) is 1.03. The van der Waals surface area contributed by atoms with E-state index in [2.05, 4.69) is 52.1 Å². The third-order valence-electron chi connectivity index (χ3n) is 4.26. The number of nitrogens with zero attached hydrogens (tertiary/aromatic N) is 4. The van der Waals surface area contributed by atoms with Crippen LogP contribution in [-0.2, 0) is 0 Å². The summed E-state index contributed by atoms with van der Waals surface area (Å²) in [5.74, 6) is 0.892. The molecule has 4 rings (SSSR count). The van der Waals surface area contributed by atoms with Gasteiger partial charge in [-0.3, -0.25) is 9.97 Å². The second-order valence-electron chi connectivity index (χ2n) is 6.04. The van der Waals surface area contributed by atoms with Crippen molar-refractivity contribution in [2.75, 3.05) is 11.9 Å². The minimum atomic E-state index is 0.892. The molecule has 0 fully saturated rings. The summed E-state index contributed by atoms with van der Waals surface area (Å²) in [5.41, 5.74) is 5.17. The molecule has 3 aromatic heterocycles. The Hall–Kier alpha value is -3.27. The van der Waals surface area contributed by atoms with Crippen LogP contribution in [0, 0.1) is 6.92 Å². The number of aryl methyl sites for hydroxylation is 1. The molecule has 0 aliphatic rings. The van der Waals surface area contributed by atoms with E-state index < -0.39 is 0 Å². The van der Waals surface area contributed by atoms with E-state index >= 15 is 0 Å². The number of anilines is 2. The molecule has 0 N–H and O–H groups in total. The number of benzene rings is 1. The lowest BCUT2D eigenvalue weighted by Crippen LogP contribution is -2.12. The maximum Gasteiger partial charge on any atom is 0.142 e. The molecule has 1 aromatic carbocycles. The van der Waals surface area contributed by atoms with E-state index in [1.165, 1.54) is 5.56 Å². The highest BCUT2D eigenvalue weighted by atomic mass is 15.2. The summed E-state index contributed by atoms with van der Waals surface area (Å²) < 4.78 is 0. The van der Waals surface area contributed by atoms with E-state index in [1.807, 2.05) is 37.5 Å². The Labute approximate surface area is 146 Å². The highest BCUT2D eigenvalue weighted by Crippen LogP contribution is 2.32. The van der Waals surface area contributed by atoms with Crippen LogP contribution in [0.25, 0.3) is 22.2 Å². The fourth-order valence-electron chi connectivity index (χ4n) is 2.94. The van der Waals surface area contributed by atoms with Gasteiger partial charge >= 0.3 is 0 Å². The standard InChI is InChI=1S/C21H18N4/c1-15-5-3-6-17(13-15)25(2)21-18-7-4-10-23-20(18)14-19(24-21)16-8-11-22-12-9-16/h3-14H,1-2H3. The fraction of sp³-hybridized carbons (Fsp3) is 0.0952. The van der Waals surface area contributed by atoms with Gasteiger partial charge in [-0.15, -0.1) is 0 Å². The lowest BCUT2D eigenvalue weighted by molar-refractivity contribution is 1.14. The molecule has 0 bridgehead atoms. The zero-order valence-corrected chi connectivity index (χ0v) is 14.2. The summed E-state index contributed by atoms with van der Waals surface area (Å²) in [6.07, 6.45) is 5.38. The third-order valence-corrected chi connectivity index (χ3v) is 4.26. The normalized spacial score (nSPS) is 10.8. The summed E-state index contributed by atoms with van der Waals surface area (Å²) in [4.78, 5) is 15.7. The maximum atomic E-state index is 4.94. The van der Waals surface area contributed by atoms with Gasteiger partial charge in [0.15, 0.2) is 0 Å². The third kappa shape index (κ3) is 2.94. The molecular formula is C21H18N4. The number of aromatic nitrogens is 3. The first kappa shape index (κ1) is 15.3. The van der Waals surface area contributed by atoms with E-state index in [9.17, 15) is 0 Å². The molecule has 0 spiro atoms. The van der Waals surface area contributed by atoms with Gasteiger partial charge in [-0.1, -0.05) is 12.1 Å². The molecule has 0 radical (unpaired) electrons. The Balaban J connectivity index is 1.92. The van der Waals surface area contributed by atoms with Crippen LogP contribution in [0.5, 0.6) is 0 Å². The molecule has 25 heavy (non-hydrogen) atoms. The van der Waals surface area contributed by atoms with Crippen molar-refractivity contribution in [1.82, 2.24) is 15.0 Å². The van der Waals surface area contributed by atoms with Crippen molar-refractivity contribution in [3.8, 4) is 11.3 Å². The Morgan fingerprint density at radius 1 is 0.880 bits per heavy atom. The van der Waals surface area contributed by atoms with Gasteiger partial charge in [0, 0.05) is 42.3 Å². The molecule has 0 unspecified atom stereocenters. The molecule has 0 atom stereocenters. The second kappa shape index (κ2) is 6.32. The van der Waals surface area contributed by atoms with Crippen LogP contribution in [0.3, 0.4) is 0 Å². The Bertz CT molecular complexity index is 1030. The van der Waals surface area contributed by atoms with Gasteiger partial charge in [-0.25, -0.2) is 4.98 Å². The largest absolute Gasteiger partial charge is 0.329 e. The zero-order valence-electron chi connectivity index (χ0n) is 14.2. The smallest absolute Gasteiger partial charge is 0.142 e. The van der Waals surface area contributed by atoms with Crippen LogP contribution in [-0.4, -0.2) is 22.0 Å². The lowest BCUT2D eigenvalue weighted by Gasteiger charge is -2.21. The topological polar surface area (TPSA) is 41.9 Å². The maximum absolute atomic E-state index is 4.94. The number of fused-ring (bicyclic) bond motifs is 1. The molecule has 0 amide bonds. The van der Waals surface area contributed by atoms with Crippen molar-refractivity contribution in [2.45, 2.75) is 6.92 Å². The molecule has 4 nitrogen and oxygen atoms in total. The van der Waals surface area contributed by atoms with Crippen LogP contribution < -0.4 is 4.90 Å². The summed E-state index contributed by atoms with van der Waals surface area (Å²) in [6, 6.07) is 18.4. The van der Waals surface area contributed by atoms with Gasteiger partial charge in [0.05, 0.1) is 11.2 Å². The summed E-state index contributed by atoms with van der Waals surface area (Å²) in [7, 11) is 2.04. The van der Waals surface area contributed by atoms with E-state index in [1.54, 1.807) is 12.4 Å². The molecule has 0 saturated carbocycles. The Kier molecular flexibility index (Phi) is 3.86. The van der Waals surface area contributed by atoms with Crippen molar-refractivity contribution >= 4 is 22.4 Å². The number of hydrogen-bond donors (Lipinski definition) is 0. The van der Waals surface area contributed by atoms with Crippen molar-refractivity contribution in [3.63, 3.8) is 0 Å². The molecule has 3 heterocycles. The minimum Gasteiger partial charge on any atom is -0.329 e. The molecule has 0 saturated heterocycles. The van der Waals surface area contributed by atoms with E-state index in [4.69, 9.17) is 4.98 Å².